The van der Waals surface area contributed by atoms with E-state index >= 15 is 0 Å². The summed E-state index contributed by atoms with van der Waals surface area (Å²) in [4.78, 5) is 13.0. The van der Waals surface area contributed by atoms with Crippen molar-refractivity contribution in [3.63, 3.8) is 0 Å². The van der Waals surface area contributed by atoms with Gasteiger partial charge in [-0.3, -0.25) is 4.79 Å². The number of carbonyl (C=O) groups excluding carboxylic acids is 1. The van der Waals surface area contributed by atoms with Crippen molar-refractivity contribution in [2.24, 2.45) is 0 Å². The van der Waals surface area contributed by atoms with Crippen LogP contribution in [0.25, 0.3) is 0 Å². The van der Waals surface area contributed by atoms with Gasteiger partial charge in [0.05, 0.1) is 11.4 Å². The molecule has 3 rings (SSSR count). The van der Waals surface area contributed by atoms with E-state index in [1.165, 1.54) is 4.31 Å². The Balaban J connectivity index is 1.85. The maximum atomic E-state index is 13.3. The SMILES string of the molecule is Cc1ccc(Cl)cc1NC(=O)CN(C1CCCCC1)S(=O)(=O)c1ccccc1. The molecule has 1 N–H and O–H groups in total. The zero-order valence-electron chi connectivity index (χ0n) is 15.9. The first-order chi connectivity index (χ1) is 13.4. The molecule has 0 unspecified atom stereocenters. The van der Waals surface area contributed by atoms with Gasteiger partial charge in [-0.1, -0.05) is 55.1 Å². The molecule has 1 amide bonds. The first-order valence-electron chi connectivity index (χ1n) is 9.51. The molecule has 0 atom stereocenters. The Hall–Kier alpha value is -1.89. The molecule has 5 nitrogen and oxygen atoms in total. The molecular weight excluding hydrogens is 396 g/mol. The van der Waals surface area contributed by atoms with E-state index in [1.807, 2.05) is 13.0 Å². The van der Waals surface area contributed by atoms with Gasteiger partial charge in [0.15, 0.2) is 0 Å². The molecule has 7 heteroatoms. The van der Waals surface area contributed by atoms with Gasteiger partial charge in [0.25, 0.3) is 0 Å². The van der Waals surface area contributed by atoms with Gasteiger partial charge in [-0.15, -0.1) is 0 Å². The van der Waals surface area contributed by atoms with Gasteiger partial charge in [-0.05, 0) is 49.6 Å². The van der Waals surface area contributed by atoms with E-state index < -0.39 is 10.0 Å². The van der Waals surface area contributed by atoms with E-state index in [4.69, 9.17) is 11.6 Å². The summed E-state index contributed by atoms with van der Waals surface area (Å²) < 4.78 is 27.9. The van der Waals surface area contributed by atoms with Gasteiger partial charge >= 0.3 is 0 Å². The molecule has 0 heterocycles. The van der Waals surface area contributed by atoms with Crippen molar-refractivity contribution in [2.75, 3.05) is 11.9 Å². The third-order valence-electron chi connectivity index (χ3n) is 5.10. The summed E-state index contributed by atoms with van der Waals surface area (Å²) >= 11 is 6.02. The Kier molecular flexibility index (Phi) is 6.75. The quantitative estimate of drug-likeness (QED) is 0.741. The molecule has 2 aromatic carbocycles. The summed E-state index contributed by atoms with van der Waals surface area (Å²) in [5.41, 5.74) is 1.46. The van der Waals surface area contributed by atoms with E-state index in [1.54, 1.807) is 42.5 Å². The number of hydrogen-bond donors (Lipinski definition) is 1. The van der Waals surface area contributed by atoms with Crippen molar-refractivity contribution >= 4 is 33.2 Å². The molecule has 2 aromatic rings. The highest BCUT2D eigenvalue weighted by Gasteiger charge is 2.33. The average molecular weight is 421 g/mol. The van der Waals surface area contributed by atoms with E-state index in [0.717, 1.165) is 37.7 Å². The Bertz CT molecular complexity index is 926. The lowest BCUT2D eigenvalue weighted by atomic mass is 9.95. The predicted octanol–water partition coefficient (Wildman–Crippen LogP) is 4.61. The number of carbonyl (C=O) groups is 1. The van der Waals surface area contributed by atoms with Crippen LogP contribution in [0.3, 0.4) is 0 Å². The molecule has 1 fully saturated rings. The minimum Gasteiger partial charge on any atom is -0.325 e. The molecule has 0 saturated heterocycles. The van der Waals surface area contributed by atoms with Crippen molar-refractivity contribution in [3.8, 4) is 0 Å². The van der Waals surface area contributed by atoms with Crippen LogP contribution in [0.5, 0.6) is 0 Å². The zero-order valence-corrected chi connectivity index (χ0v) is 17.5. The number of anilines is 1. The molecule has 0 radical (unpaired) electrons. The lowest BCUT2D eigenvalue weighted by Gasteiger charge is -2.33. The lowest BCUT2D eigenvalue weighted by molar-refractivity contribution is -0.116. The average Bonchev–Trinajstić information content (AvgIpc) is 2.70. The Morgan fingerprint density at radius 3 is 2.46 bits per heavy atom. The summed E-state index contributed by atoms with van der Waals surface area (Å²) in [6.07, 6.45) is 4.59. The highest BCUT2D eigenvalue weighted by atomic mass is 35.5. The number of sulfonamides is 1. The Morgan fingerprint density at radius 1 is 1.11 bits per heavy atom. The van der Waals surface area contributed by atoms with Crippen LogP contribution >= 0.6 is 11.6 Å². The molecular formula is C21H25ClN2O3S. The molecule has 1 aliphatic rings. The van der Waals surface area contributed by atoms with Gasteiger partial charge < -0.3 is 5.32 Å². The molecule has 1 aliphatic carbocycles. The number of amides is 1. The van der Waals surface area contributed by atoms with Crippen molar-refractivity contribution < 1.29 is 13.2 Å². The second-order valence-corrected chi connectivity index (χ2v) is 9.49. The number of hydrogen-bond acceptors (Lipinski definition) is 3. The van der Waals surface area contributed by atoms with Crippen LogP contribution in [-0.2, 0) is 14.8 Å². The summed E-state index contributed by atoms with van der Waals surface area (Å²) in [6, 6.07) is 13.4. The van der Waals surface area contributed by atoms with Crippen LogP contribution < -0.4 is 5.32 Å². The molecule has 150 valence electrons. The summed E-state index contributed by atoms with van der Waals surface area (Å²) in [6.45, 7) is 1.65. The Morgan fingerprint density at radius 2 is 1.79 bits per heavy atom. The fraction of sp³-hybridized carbons (Fsp3) is 0.381. The van der Waals surface area contributed by atoms with Crippen LogP contribution in [0.15, 0.2) is 53.4 Å². The minimum atomic E-state index is -3.76. The summed E-state index contributed by atoms with van der Waals surface area (Å²) in [5, 5.41) is 3.33. The molecule has 28 heavy (non-hydrogen) atoms. The van der Waals surface area contributed by atoms with Crippen molar-refractivity contribution in [1.82, 2.24) is 4.31 Å². The number of rotatable bonds is 6. The second kappa shape index (κ2) is 9.07. The molecule has 0 aromatic heterocycles. The maximum Gasteiger partial charge on any atom is 0.243 e. The maximum absolute atomic E-state index is 13.3. The van der Waals surface area contributed by atoms with Crippen molar-refractivity contribution in [1.29, 1.82) is 0 Å². The fourth-order valence-electron chi connectivity index (χ4n) is 3.57. The standard InChI is InChI=1S/C21H25ClN2O3S/c1-16-12-13-17(22)14-20(16)23-21(25)15-24(18-8-4-2-5-9-18)28(26,27)19-10-6-3-7-11-19/h3,6-7,10-14,18H,2,4-5,8-9,15H2,1H3,(H,23,25). The van der Waals surface area contributed by atoms with Crippen molar-refractivity contribution in [2.45, 2.75) is 50.0 Å². The third-order valence-corrected chi connectivity index (χ3v) is 7.25. The van der Waals surface area contributed by atoms with Gasteiger partial charge in [0, 0.05) is 16.8 Å². The molecule has 1 saturated carbocycles. The summed E-state index contributed by atoms with van der Waals surface area (Å²) in [7, 11) is -3.76. The highest BCUT2D eigenvalue weighted by Crippen LogP contribution is 2.28. The molecule has 0 spiro atoms. The predicted molar refractivity (Wildman–Crippen MR) is 112 cm³/mol. The van der Waals surface area contributed by atoms with Gasteiger partial charge in [0.2, 0.25) is 15.9 Å². The van der Waals surface area contributed by atoms with E-state index in [-0.39, 0.29) is 23.4 Å². The van der Waals surface area contributed by atoms with E-state index in [2.05, 4.69) is 5.32 Å². The number of benzene rings is 2. The lowest BCUT2D eigenvalue weighted by Crippen LogP contribution is -2.45. The Labute approximate surface area is 171 Å². The third kappa shape index (κ3) is 4.93. The monoisotopic (exact) mass is 420 g/mol. The van der Waals surface area contributed by atoms with E-state index in [9.17, 15) is 13.2 Å². The first kappa shape index (κ1) is 20.8. The van der Waals surface area contributed by atoms with Crippen LogP contribution in [0.4, 0.5) is 5.69 Å². The number of aryl methyl sites for hydroxylation is 1. The smallest absolute Gasteiger partial charge is 0.243 e. The minimum absolute atomic E-state index is 0.162. The van der Waals surface area contributed by atoms with Crippen LogP contribution in [0.1, 0.15) is 37.7 Å². The topological polar surface area (TPSA) is 66.5 Å². The number of halogens is 1. The van der Waals surface area contributed by atoms with Gasteiger partial charge in [-0.2, -0.15) is 4.31 Å². The highest BCUT2D eigenvalue weighted by molar-refractivity contribution is 7.89. The van der Waals surface area contributed by atoms with Crippen LogP contribution in [0, 0.1) is 6.92 Å². The van der Waals surface area contributed by atoms with Crippen LogP contribution in [-0.4, -0.2) is 31.2 Å². The van der Waals surface area contributed by atoms with E-state index in [0.29, 0.717) is 10.7 Å². The molecule has 0 aliphatic heterocycles. The van der Waals surface area contributed by atoms with Gasteiger partial charge in [0.1, 0.15) is 0 Å². The fourth-order valence-corrected chi connectivity index (χ4v) is 5.40. The largest absolute Gasteiger partial charge is 0.325 e. The van der Waals surface area contributed by atoms with Gasteiger partial charge in [-0.25, -0.2) is 8.42 Å². The zero-order chi connectivity index (χ0) is 20.1. The molecule has 0 bridgehead atoms. The summed E-state index contributed by atoms with van der Waals surface area (Å²) in [5.74, 6) is -0.365. The first-order valence-corrected chi connectivity index (χ1v) is 11.3. The number of nitrogens with one attached hydrogen (secondary N) is 1. The second-order valence-electron chi connectivity index (χ2n) is 7.16. The van der Waals surface area contributed by atoms with Crippen LogP contribution in [0.2, 0.25) is 5.02 Å². The normalized spacial score (nSPS) is 15.5. The van der Waals surface area contributed by atoms with Crippen molar-refractivity contribution in [3.05, 3.63) is 59.1 Å². The number of nitrogens with zero attached hydrogens (tertiary/aromatic N) is 1.